The van der Waals surface area contributed by atoms with Gasteiger partial charge in [-0.2, -0.15) is 0 Å². The van der Waals surface area contributed by atoms with Crippen LogP contribution in [-0.4, -0.2) is 46.2 Å². The Labute approximate surface area is 106 Å². The molecule has 1 unspecified atom stereocenters. The zero-order chi connectivity index (χ0) is 12.8. The van der Waals surface area contributed by atoms with Gasteiger partial charge in [-0.25, -0.2) is 0 Å². The lowest BCUT2D eigenvalue weighted by Crippen LogP contribution is -2.42. The lowest BCUT2D eigenvalue weighted by atomic mass is 9.94. The Bertz CT molecular complexity index is 272. The Kier molecular flexibility index (Phi) is 6.12. The van der Waals surface area contributed by atoms with E-state index in [0.717, 1.165) is 6.42 Å². The molecule has 17 heavy (non-hydrogen) atoms. The summed E-state index contributed by atoms with van der Waals surface area (Å²) in [5.74, 6) is 2.30. The third kappa shape index (κ3) is 5.17. The molecule has 0 aliphatic carbocycles. The molecule has 0 radical (unpaired) electrons. The fraction of sp³-hybridized carbons (Fsp3) is 0.917. The van der Waals surface area contributed by atoms with Crippen molar-refractivity contribution < 1.29 is 9.00 Å². The van der Waals surface area contributed by atoms with Crippen molar-refractivity contribution in [2.75, 3.05) is 31.1 Å². The van der Waals surface area contributed by atoms with Crippen molar-refractivity contribution in [2.45, 2.75) is 26.7 Å². The molecule has 0 aromatic heterocycles. The van der Waals surface area contributed by atoms with Crippen LogP contribution in [0.2, 0.25) is 0 Å². The van der Waals surface area contributed by atoms with Gasteiger partial charge < -0.3 is 10.6 Å². The molecule has 2 N–H and O–H groups in total. The SMILES string of the molecule is CC(C)CC(CN)CC(=O)N1CCS(=O)CC1. The van der Waals surface area contributed by atoms with Crippen LogP contribution >= 0.6 is 0 Å². The van der Waals surface area contributed by atoms with E-state index in [1.807, 2.05) is 4.90 Å². The van der Waals surface area contributed by atoms with Gasteiger partial charge in [0, 0.05) is 41.8 Å². The lowest BCUT2D eigenvalue weighted by Gasteiger charge is -2.28. The average molecular weight is 260 g/mol. The summed E-state index contributed by atoms with van der Waals surface area (Å²) in [6.07, 6.45) is 1.54. The molecular formula is C12H24N2O2S. The maximum absolute atomic E-state index is 12.0. The molecule has 0 aromatic carbocycles. The van der Waals surface area contributed by atoms with Gasteiger partial charge >= 0.3 is 0 Å². The summed E-state index contributed by atoms with van der Waals surface area (Å²) in [6.45, 7) is 6.16. The monoisotopic (exact) mass is 260 g/mol. The van der Waals surface area contributed by atoms with Crippen LogP contribution in [0.4, 0.5) is 0 Å². The van der Waals surface area contributed by atoms with E-state index in [4.69, 9.17) is 5.73 Å². The quantitative estimate of drug-likeness (QED) is 0.787. The molecule has 4 nitrogen and oxygen atoms in total. The van der Waals surface area contributed by atoms with Crippen molar-refractivity contribution in [3.05, 3.63) is 0 Å². The van der Waals surface area contributed by atoms with Gasteiger partial charge in [-0.3, -0.25) is 9.00 Å². The van der Waals surface area contributed by atoms with Crippen molar-refractivity contribution in [3.8, 4) is 0 Å². The first-order chi connectivity index (χ1) is 8.02. The normalized spacial score (nSPS) is 19.6. The number of nitrogens with zero attached hydrogens (tertiary/aromatic N) is 1. The van der Waals surface area contributed by atoms with Gasteiger partial charge in [0.05, 0.1) is 0 Å². The molecule has 0 aromatic rings. The number of rotatable bonds is 5. The molecule has 100 valence electrons. The van der Waals surface area contributed by atoms with E-state index in [2.05, 4.69) is 13.8 Å². The largest absolute Gasteiger partial charge is 0.341 e. The first kappa shape index (κ1) is 14.6. The molecular weight excluding hydrogens is 236 g/mol. The molecule has 1 amide bonds. The summed E-state index contributed by atoms with van der Waals surface area (Å²) < 4.78 is 11.2. The third-order valence-corrected chi connectivity index (χ3v) is 4.41. The Morgan fingerprint density at radius 1 is 1.35 bits per heavy atom. The number of hydrogen-bond acceptors (Lipinski definition) is 3. The van der Waals surface area contributed by atoms with Gasteiger partial charge in [0.1, 0.15) is 0 Å². The van der Waals surface area contributed by atoms with Crippen molar-refractivity contribution in [3.63, 3.8) is 0 Å². The highest BCUT2D eigenvalue weighted by Gasteiger charge is 2.22. The van der Waals surface area contributed by atoms with E-state index in [-0.39, 0.29) is 11.8 Å². The van der Waals surface area contributed by atoms with Gasteiger partial charge in [0.2, 0.25) is 5.91 Å². The summed E-state index contributed by atoms with van der Waals surface area (Å²) >= 11 is 0. The number of hydrogen-bond donors (Lipinski definition) is 1. The van der Waals surface area contributed by atoms with E-state index in [1.54, 1.807) is 0 Å². The van der Waals surface area contributed by atoms with Crippen molar-refractivity contribution in [1.82, 2.24) is 4.90 Å². The second-order valence-electron chi connectivity index (χ2n) is 5.16. The standard InChI is InChI=1S/C12H24N2O2S/c1-10(2)7-11(9-13)8-12(15)14-3-5-17(16)6-4-14/h10-11H,3-9,13H2,1-2H3. The van der Waals surface area contributed by atoms with Gasteiger partial charge in [-0.05, 0) is 24.8 Å². The van der Waals surface area contributed by atoms with E-state index in [1.165, 1.54) is 0 Å². The molecule has 0 spiro atoms. The van der Waals surface area contributed by atoms with Gasteiger partial charge in [-0.15, -0.1) is 0 Å². The summed E-state index contributed by atoms with van der Waals surface area (Å²) in [5, 5.41) is 0. The molecule has 1 heterocycles. The zero-order valence-electron chi connectivity index (χ0n) is 10.9. The van der Waals surface area contributed by atoms with Gasteiger partial charge in [0.25, 0.3) is 0 Å². The number of amides is 1. The molecule has 1 aliphatic heterocycles. The molecule has 5 heteroatoms. The second kappa shape index (κ2) is 7.11. The van der Waals surface area contributed by atoms with Crippen LogP contribution in [0.15, 0.2) is 0 Å². The number of carbonyl (C=O) groups excluding carboxylic acids is 1. The summed E-state index contributed by atoms with van der Waals surface area (Å²) in [5.41, 5.74) is 5.70. The maximum atomic E-state index is 12.0. The minimum atomic E-state index is -0.720. The minimum Gasteiger partial charge on any atom is -0.341 e. The van der Waals surface area contributed by atoms with Gasteiger partial charge in [-0.1, -0.05) is 13.8 Å². The molecule has 1 fully saturated rings. The first-order valence-electron chi connectivity index (χ1n) is 6.35. The highest BCUT2D eigenvalue weighted by atomic mass is 32.2. The van der Waals surface area contributed by atoms with Crippen LogP contribution in [0.25, 0.3) is 0 Å². The Hall–Kier alpha value is -0.420. The highest BCUT2D eigenvalue weighted by Crippen LogP contribution is 2.16. The summed E-state index contributed by atoms with van der Waals surface area (Å²) in [7, 11) is -0.720. The molecule has 1 atom stereocenters. The highest BCUT2D eigenvalue weighted by molar-refractivity contribution is 7.85. The second-order valence-corrected chi connectivity index (χ2v) is 6.86. The fourth-order valence-corrected chi connectivity index (χ4v) is 3.25. The lowest BCUT2D eigenvalue weighted by molar-refractivity contribution is -0.131. The minimum absolute atomic E-state index is 0.179. The molecule has 0 saturated carbocycles. The first-order valence-corrected chi connectivity index (χ1v) is 7.84. The molecule has 1 aliphatic rings. The molecule has 1 saturated heterocycles. The maximum Gasteiger partial charge on any atom is 0.222 e. The van der Waals surface area contributed by atoms with Crippen molar-refractivity contribution in [1.29, 1.82) is 0 Å². The Morgan fingerprint density at radius 2 is 1.94 bits per heavy atom. The number of nitrogens with two attached hydrogens (primary N) is 1. The van der Waals surface area contributed by atoms with E-state index in [9.17, 15) is 9.00 Å². The smallest absolute Gasteiger partial charge is 0.222 e. The predicted molar refractivity (Wildman–Crippen MR) is 71.1 cm³/mol. The van der Waals surface area contributed by atoms with E-state index in [0.29, 0.717) is 43.5 Å². The third-order valence-electron chi connectivity index (χ3n) is 3.13. The van der Waals surface area contributed by atoms with Crippen LogP contribution in [0.3, 0.4) is 0 Å². The van der Waals surface area contributed by atoms with E-state index >= 15 is 0 Å². The van der Waals surface area contributed by atoms with Crippen molar-refractivity contribution in [2.24, 2.45) is 17.6 Å². The van der Waals surface area contributed by atoms with Crippen LogP contribution in [0.1, 0.15) is 26.7 Å². The van der Waals surface area contributed by atoms with Gasteiger partial charge in [0.15, 0.2) is 0 Å². The Balaban J connectivity index is 2.39. The van der Waals surface area contributed by atoms with E-state index < -0.39 is 10.8 Å². The number of carbonyl (C=O) groups is 1. The van der Waals surface area contributed by atoms with Crippen LogP contribution in [0, 0.1) is 11.8 Å². The summed E-state index contributed by atoms with van der Waals surface area (Å²) in [4.78, 5) is 13.9. The zero-order valence-corrected chi connectivity index (χ0v) is 11.7. The average Bonchev–Trinajstić information content (AvgIpc) is 2.28. The van der Waals surface area contributed by atoms with Crippen LogP contribution in [0.5, 0.6) is 0 Å². The molecule has 0 bridgehead atoms. The summed E-state index contributed by atoms with van der Waals surface area (Å²) in [6, 6.07) is 0. The topological polar surface area (TPSA) is 63.4 Å². The predicted octanol–water partition coefficient (Wildman–Crippen LogP) is 0.588. The fourth-order valence-electron chi connectivity index (χ4n) is 2.19. The van der Waals surface area contributed by atoms with Crippen LogP contribution in [-0.2, 0) is 15.6 Å². The Morgan fingerprint density at radius 3 is 2.41 bits per heavy atom. The van der Waals surface area contributed by atoms with Crippen molar-refractivity contribution >= 4 is 16.7 Å². The van der Waals surface area contributed by atoms with Crippen LogP contribution < -0.4 is 5.73 Å². The molecule has 1 rings (SSSR count).